The van der Waals surface area contributed by atoms with Crippen molar-refractivity contribution in [2.45, 2.75) is 25.9 Å². The van der Waals surface area contributed by atoms with E-state index in [1.807, 2.05) is 6.92 Å². The summed E-state index contributed by atoms with van der Waals surface area (Å²) >= 11 is 5.95. The number of unbranched alkanes of at least 4 members (excludes halogenated alkanes) is 1. The third-order valence-corrected chi connectivity index (χ3v) is 3.51. The number of alkyl halides is 3. The van der Waals surface area contributed by atoms with Crippen LogP contribution >= 0.6 is 11.6 Å². The van der Waals surface area contributed by atoms with Gasteiger partial charge >= 0.3 is 6.18 Å². The number of nitrogens with zero attached hydrogens (tertiary/aromatic N) is 2. The highest BCUT2D eigenvalue weighted by Crippen LogP contribution is 2.41. The van der Waals surface area contributed by atoms with Crippen LogP contribution in [0, 0.1) is 0 Å². The number of pyridine rings is 1. The maximum atomic E-state index is 12.8. The summed E-state index contributed by atoms with van der Waals surface area (Å²) in [6.45, 7) is 1.96. The monoisotopic (exact) mass is 346 g/mol. The number of aromatic hydroxyl groups is 2. The smallest absolute Gasteiger partial charge is 0.416 e. The molecule has 124 valence electrons. The molecule has 0 bridgehead atoms. The van der Waals surface area contributed by atoms with Gasteiger partial charge in [-0.15, -0.1) is 0 Å². The van der Waals surface area contributed by atoms with Gasteiger partial charge in [0.25, 0.3) is 0 Å². The van der Waals surface area contributed by atoms with Crippen LogP contribution in [0.4, 0.5) is 13.2 Å². The van der Waals surface area contributed by atoms with Crippen LogP contribution in [-0.4, -0.2) is 19.8 Å². The maximum Gasteiger partial charge on any atom is 0.416 e. The normalized spacial score (nSPS) is 12.2. The van der Waals surface area contributed by atoms with E-state index in [0.717, 1.165) is 35.7 Å². The molecule has 2 aromatic heterocycles. The van der Waals surface area contributed by atoms with Crippen molar-refractivity contribution in [1.29, 1.82) is 0 Å². The molecule has 23 heavy (non-hydrogen) atoms. The Labute approximate surface area is 135 Å². The number of hydrogen-bond acceptors (Lipinski definition) is 3. The quantitative estimate of drug-likeness (QED) is 0.838. The molecule has 0 unspecified atom stereocenters. The highest BCUT2D eigenvalue weighted by Gasteiger charge is 2.31. The topological polar surface area (TPSA) is 58.3 Å². The van der Waals surface area contributed by atoms with Crippen LogP contribution < -0.4 is 0 Å². The molecule has 0 atom stereocenters. The van der Waals surface area contributed by atoms with Gasteiger partial charge in [0.2, 0.25) is 11.8 Å². The molecule has 2 rings (SSSR count). The summed E-state index contributed by atoms with van der Waals surface area (Å²) in [5.74, 6) is -1.34. The van der Waals surface area contributed by atoms with E-state index in [1.54, 1.807) is 6.08 Å². The SMILES string of the molecule is CCC/C=C/c1c(Cl)c(O)n(-c2cc(C(F)(F)F)ccn2)c1O. The first-order valence-electron chi connectivity index (χ1n) is 6.79. The number of halogens is 4. The summed E-state index contributed by atoms with van der Waals surface area (Å²) in [6, 6.07) is 1.51. The zero-order valence-corrected chi connectivity index (χ0v) is 12.9. The molecule has 0 aromatic carbocycles. The Morgan fingerprint density at radius 3 is 2.61 bits per heavy atom. The summed E-state index contributed by atoms with van der Waals surface area (Å²) in [5, 5.41) is 20.0. The minimum atomic E-state index is -4.57. The van der Waals surface area contributed by atoms with E-state index < -0.39 is 23.5 Å². The Balaban J connectivity index is 2.55. The molecule has 2 aromatic rings. The van der Waals surface area contributed by atoms with Crippen molar-refractivity contribution in [2.75, 3.05) is 0 Å². The Hall–Kier alpha value is -2.15. The molecule has 0 amide bonds. The predicted molar refractivity (Wildman–Crippen MR) is 80.8 cm³/mol. The predicted octanol–water partition coefficient (Wildman–Crippen LogP) is 4.77. The standard InChI is InChI=1S/C15H14ClF3N2O2/c1-2-3-4-5-10-12(16)14(23)21(13(10)22)11-8-9(6-7-20-11)15(17,18)19/h4-8,22-23H,2-3H2,1H3/b5-4+. The lowest BCUT2D eigenvalue weighted by Crippen LogP contribution is -2.07. The maximum absolute atomic E-state index is 12.8. The van der Waals surface area contributed by atoms with Crippen molar-refractivity contribution in [1.82, 2.24) is 9.55 Å². The Morgan fingerprint density at radius 1 is 1.30 bits per heavy atom. The van der Waals surface area contributed by atoms with Gasteiger partial charge in [-0.25, -0.2) is 9.55 Å². The van der Waals surface area contributed by atoms with Gasteiger partial charge in [0, 0.05) is 6.20 Å². The van der Waals surface area contributed by atoms with Crippen LogP contribution in [0.2, 0.25) is 5.02 Å². The van der Waals surface area contributed by atoms with Crippen molar-refractivity contribution in [3.63, 3.8) is 0 Å². The van der Waals surface area contributed by atoms with E-state index in [2.05, 4.69) is 4.98 Å². The minimum absolute atomic E-state index is 0.122. The number of aromatic nitrogens is 2. The first kappa shape index (κ1) is 17.2. The van der Waals surface area contributed by atoms with Gasteiger partial charge in [0.05, 0.1) is 11.1 Å². The molecule has 0 saturated carbocycles. The van der Waals surface area contributed by atoms with Gasteiger partial charge in [-0.1, -0.05) is 37.1 Å². The van der Waals surface area contributed by atoms with Gasteiger partial charge in [-0.3, -0.25) is 0 Å². The third kappa shape index (κ3) is 3.44. The molecule has 0 radical (unpaired) electrons. The largest absolute Gasteiger partial charge is 0.494 e. The van der Waals surface area contributed by atoms with Crippen LogP contribution in [0.3, 0.4) is 0 Å². The number of hydrogen-bond donors (Lipinski definition) is 2. The summed E-state index contributed by atoms with van der Waals surface area (Å²) < 4.78 is 39.1. The molecular formula is C15H14ClF3N2O2. The summed E-state index contributed by atoms with van der Waals surface area (Å²) in [7, 11) is 0. The van der Waals surface area contributed by atoms with Crippen LogP contribution in [-0.2, 0) is 6.18 Å². The molecule has 0 aliphatic heterocycles. The average molecular weight is 347 g/mol. The van der Waals surface area contributed by atoms with E-state index in [1.165, 1.54) is 6.08 Å². The Morgan fingerprint density at radius 2 is 2.00 bits per heavy atom. The lowest BCUT2D eigenvalue weighted by molar-refractivity contribution is -0.137. The van der Waals surface area contributed by atoms with Gasteiger partial charge in [-0.05, 0) is 18.6 Å². The molecule has 4 nitrogen and oxygen atoms in total. The molecule has 8 heteroatoms. The molecule has 2 heterocycles. The van der Waals surface area contributed by atoms with E-state index in [4.69, 9.17) is 11.6 Å². The molecule has 0 fully saturated rings. The summed E-state index contributed by atoms with van der Waals surface area (Å²) in [6.07, 6.45) is 1.22. The Kier molecular flexibility index (Phi) is 4.89. The summed E-state index contributed by atoms with van der Waals surface area (Å²) in [4.78, 5) is 3.76. The fourth-order valence-corrected chi connectivity index (χ4v) is 2.22. The van der Waals surface area contributed by atoms with Crippen molar-refractivity contribution >= 4 is 17.7 Å². The van der Waals surface area contributed by atoms with Gasteiger partial charge in [-0.2, -0.15) is 13.2 Å². The van der Waals surface area contributed by atoms with E-state index in [9.17, 15) is 23.4 Å². The second-order valence-corrected chi connectivity index (χ2v) is 5.18. The van der Waals surface area contributed by atoms with Crippen molar-refractivity contribution < 1.29 is 23.4 Å². The first-order chi connectivity index (χ1) is 10.8. The van der Waals surface area contributed by atoms with E-state index >= 15 is 0 Å². The lowest BCUT2D eigenvalue weighted by atomic mass is 10.2. The second-order valence-electron chi connectivity index (χ2n) is 4.80. The van der Waals surface area contributed by atoms with Gasteiger partial charge < -0.3 is 10.2 Å². The molecule has 2 N–H and O–H groups in total. The van der Waals surface area contributed by atoms with Gasteiger partial charge in [0.15, 0.2) is 0 Å². The first-order valence-corrected chi connectivity index (χ1v) is 7.17. The molecule has 0 aliphatic carbocycles. The minimum Gasteiger partial charge on any atom is -0.494 e. The van der Waals surface area contributed by atoms with Crippen molar-refractivity contribution in [3.05, 3.63) is 40.6 Å². The van der Waals surface area contributed by atoms with Crippen LogP contribution in [0.15, 0.2) is 24.4 Å². The Bertz CT molecular complexity index is 739. The van der Waals surface area contributed by atoms with Crippen LogP contribution in [0.5, 0.6) is 11.8 Å². The molecule has 0 saturated heterocycles. The van der Waals surface area contributed by atoms with E-state index in [0.29, 0.717) is 0 Å². The van der Waals surface area contributed by atoms with Crippen LogP contribution in [0.25, 0.3) is 11.9 Å². The summed E-state index contributed by atoms with van der Waals surface area (Å²) in [5.41, 5.74) is -0.828. The molecule has 0 aliphatic rings. The third-order valence-electron chi connectivity index (χ3n) is 3.14. The fourth-order valence-electron chi connectivity index (χ4n) is 1.99. The van der Waals surface area contributed by atoms with Gasteiger partial charge in [0.1, 0.15) is 10.8 Å². The van der Waals surface area contributed by atoms with Crippen molar-refractivity contribution in [3.8, 4) is 17.6 Å². The average Bonchev–Trinajstić information content (AvgIpc) is 2.70. The van der Waals surface area contributed by atoms with E-state index in [-0.39, 0.29) is 16.4 Å². The fraction of sp³-hybridized carbons (Fsp3) is 0.267. The lowest BCUT2D eigenvalue weighted by Gasteiger charge is -2.10. The highest BCUT2D eigenvalue weighted by atomic mass is 35.5. The zero-order valence-electron chi connectivity index (χ0n) is 12.1. The van der Waals surface area contributed by atoms with Crippen molar-refractivity contribution in [2.24, 2.45) is 0 Å². The van der Waals surface area contributed by atoms with Crippen LogP contribution in [0.1, 0.15) is 30.9 Å². The highest BCUT2D eigenvalue weighted by molar-refractivity contribution is 6.33. The molecular weight excluding hydrogens is 333 g/mol. The number of allylic oxidation sites excluding steroid dienone is 1. The second kappa shape index (κ2) is 6.54. The number of rotatable bonds is 4. The molecule has 0 spiro atoms. The zero-order chi connectivity index (χ0) is 17.2.